The van der Waals surface area contributed by atoms with E-state index in [4.69, 9.17) is 15.2 Å². The number of rotatable bonds is 64. The zero-order valence-electron chi connectivity index (χ0n) is 62.0. The molecule has 0 heterocycles. The molecule has 0 spiro atoms. The molecule has 98 heavy (non-hydrogen) atoms. The van der Waals surface area contributed by atoms with Crippen molar-refractivity contribution in [2.24, 2.45) is 23.5 Å². The second kappa shape index (κ2) is 57.5. The van der Waals surface area contributed by atoms with E-state index in [1.165, 1.54) is 0 Å². The molecule has 0 aromatic heterocycles. The van der Waals surface area contributed by atoms with Gasteiger partial charge in [0.25, 0.3) is 0 Å². The van der Waals surface area contributed by atoms with Gasteiger partial charge >= 0.3 is 11.9 Å². The Bertz CT molecular complexity index is 2280. The molecule has 8 amide bonds. The predicted octanol–water partition coefficient (Wildman–Crippen LogP) is 2.92. The minimum atomic E-state index is -1.45. The maximum Gasteiger partial charge on any atom is 0.305 e. The Morgan fingerprint density at radius 2 is 0.857 bits per heavy atom. The van der Waals surface area contributed by atoms with E-state index < -0.39 is 115 Å². The molecule has 0 aliphatic rings. The van der Waals surface area contributed by atoms with Crippen molar-refractivity contribution >= 4 is 71.3 Å². The van der Waals surface area contributed by atoms with Gasteiger partial charge in [0, 0.05) is 160 Å². The summed E-state index contributed by atoms with van der Waals surface area (Å²) in [6.45, 7) is 29.2. The average Bonchev–Trinajstić information content (AvgIpc) is 0.929. The van der Waals surface area contributed by atoms with Crippen LogP contribution >= 0.6 is 0 Å². The predicted molar refractivity (Wildman–Crippen MR) is 381 cm³/mol. The van der Waals surface area contributed by atoms with Gasteiger partial charge in [-0.05, 0) is 93.9 Å². The lowest BCUT2D eigenvalue weighted by Crippen LogP contribution is -2.47. The molecule has 6 atom stereocenters. The Labute approximate surface area is 586 Å². The Morgan fingerprint density at radius 1 is 0.429 bits per heavy atom. The van der Waals surface area contributed by atoms with E-state index in [2.05, 4.69) is 138 Å². The molecule has 0 aliphatic heterocycles. The third kappa shape index (κ3) is 46.2. The summed E-state index contributed by atoms with van der Waals surface area (Å²) in [7, 11) is 0. The first-order valence-corrected chi connectivity index (χ1v) is 36.6. The number of hydrogen-bond donors (Lipinski definition) is 12. The standard InChI is InChI=1S/C70H132N14O14/c1-13-17-20-22-29-76-63(89)48-59(82-64(90)46-54(16-4)68(94)79-30-23-21-18-14-2)60(87)45-55(69(95)80-38-34-72-31-35-74-58(67(71)93)24-26-65(91)97-41-39-83(50(5)6)51(7)8)43-57(86)44-56(70(96)78-28-19-15-3)47-62(88)77-37-33-73-32-36-75-61(81-49-85)25-27-66(92)98-42-40-84(52(9)10)53(11)12/h49-56,58-59,61,72-75H,13-48H2,1-12H3,(H2,71,93)(H,76,89)(H,77,88)(H,78,96)(H,79,94)(H,80,95)(H,81,85)(H,82,90). The van der Waals surface area contributed by atoms with Gasteiger partial charge in [-0.2, -0.15) is 0 Å². The van der Waals surface area contributed by atoms with Gasteiger partial charge in [-0.15, -0.1) is 0 Å². The van der Waals surface area contributed by atoms with E-state index in [1.54, 1.807) is 6.92 Å². The van der Waals surface area contributed by atoms with Crippen LogP contribution in [0.15, 0.2) is 0 Å². The minimum Gasteiger partial charge on any atom is -0.464 e. The molecule has 13 N–H and O–H groups in total. The van der Waals surface area contributed by atoms with Crippen LogP contribution in [-0.4, -0.2) is 222 Å². The maximum absolute atomic E-state index is 14.6. The average molecular weight is 1390 g/mol. The molecule has 0 aromatic rings. The van der Waals surface area contributed by atoms with Crippen molar-refractivity contribution in [3.8, 4) is 0 Å². The van der Waals surface area contributed by atoms with Crippen molar-refractivity contribution in [2.45, 2.75) is 260 Å². The fourth-order valence-corrected chi connectivity index (χ4v) is 11.2. The van der Waals surface area contributed by atoms with Crippen LogP contribution in [0.1, 0.15) is 218 Å². The molecule has 28 heteroatoms. The van der Waals surface area contributed by atoms with E-state index >= 15 is 0 Å². The fourth-order valence-electron chi connectivity index (χ4n) is 11.2. The van der Waals surface area contributed by atoms with Crippen LogP contribution in [0.3, 0.4) is 0 Å². The maximum atomic E-state index is 14.6. The quantitative estimate of drug-likeness (QED) is 0.0180. The first-order valence-electron chi connectivity index (χ1n) is 36.6. The molecule has 0 fully saturated rings. The Hall–Kier alpha value is -6.20. The molecular weight excluding hydrogens is 1260 g/mol. The van der Waals surface area contributed by atoms with Gasteiger partial charge < -0.3 is 68.4 Å². The minimum absolute atomic E-state index is 0.00828. The summed E-state index contributed by atoms with van der Waals surface area (Å²) < 4.78 is 10.9. The van der Waals surface area contributed by atoms with Crippen LogP contribution in [0.25, 0.3) is 0 Å². The second-order valence-electron chi connectivity index (χ2n) is 26.5. The van der Waals surface area contributed by atoms with Crippen molar-refractivity contribution in [3.05, 3.63) is 0 Å². The summed E-state index contributed by atoms with van der Waals surface area (Å²) in [5.74, 6) is -9.28. The zero-order chi connectivity index (χ0) is 73.6. The van der Waals surface area contributed by atoms with Gasteiger partial charge in [-0.25, -0.2) is 0 Å². The van der Waals surface area contributed by atoms with Crippen molar-refractivity contribution in [2.75, 3.05) is 98.3 Å². The summed E-state index contributed by atoms with van der Waals surface area (Å²) >= 11 is 0. The highest BCUT2D eigenvalue weighted by molar-refractivity contribution is 5.98. The third-order valence-corrected chi connectivity index (χ3v) is 16.9. The number of nitrogens with two attached hydrogens (primary N) is 1. The number of nitrogens with one attached hydrogen (secondary N) is 11. The number of Topliss-reactive ketones (excluding diaryl/α,β-unsaturated/α-hetero) is 2. The molecule has 0 saturated heterocycles. The number of carbonyl (C=O) groups excluding carboxylic acids is 12. The number of ether oxygens (including phenoxy) is 2. The lowest BCUT2D eigenvalue weighted by molar-refractivity contribution is -0.145. The summed E-state index contributed by atoms with van der Waals surface area (Å²) in [5, 5.41) is 32.0. The first-order chi connectivity index (χ1) is 46.7. The SMILES string of the molecule is CCCCCCNC(=O)CC(NC(=O)CC(CC)C(=O)NCCCCCC)C(=O)CC(CC(=O)CC(CC(=O)NCCNCCNC(CCC(=O)OCCN(C(C)C)C(C)C)NC=O)C(=O)NCCCC)C(=O)NCCNCCNC(CCC(=O)OCCN(C(C)C)C(C)C)C(N)=O. The summed E-state index contributed by atoms with van der Waals surface area (Å²) in [5.41, 5.74) is 5.66. The molecule has 0 rings (SSSR count). The number of unbranched alkanes of at least 4 members (excludes halogenated alkanes) is 7. The molecule has 6 unspecified atom stereocenters. The summed E-state index contributed by atoms with van der Waals surface area (Å²) in [4.78, 5) is 164. The van der Waals surface area contributed by atoms with Gasteiger partial charge in [-0.3, -0.25) is 72.7 Å². The molecule has 0 saturated carbocycles. The number of hydrogen-bond acceptors (Lipinski definition) is 20. The fraction of sp³-hybridized carbons (Fsp3) is 0.829. The largest absolute Gasteiger partial charge is 0.464 e. The van der Waals surface area contributed by atoms with E-state index in [1.807, 2.05) is 6.92 Å². The lowest BCUT2D eigenvalue weighted by atomic mass is 9.88. The van der Waals surface area contributed by atoms with Gasteiger partial charge in [0.05, 0.1) is 36.5 Å². The molecule has 0 aromatic carbocycles. The number of amides is 8. The van der Waals surface area contributed by atoms with Crippen LogP contribution in [0.5, 0.6) is 0 Å². The van der Waals surface area contributed by atoms with Gasteiger partial charge in [0.15, 0.2) is 5.78 Å². The Balaban J connectivity index is 6.38. The normalized spacial score (nSPS) is 13.3. The van der Waals surface area contributed by atoms with Crippen molar-refractivity contribution in [3.63, 3.8) is 0 Å². The van der Waals surface area contributed by atoms with Crippen LogP contribution < -0.4 is 64.2 Å². The van der Waals surface area contributed by atoms with E-state index in [-0.39, 0.29) is 102 Å². The second-order valence-corrected chi connectivity index (χ2v) is 26.5. The van der Waals surface area contributed by atoms with Crippen molar-refractivity contribution in [1.29, 1.82) is 0 Å². The van der Waals surface area contributed by atoms with Crippen LogP contribution in [0.4, 0.5) is 0 Å². The van der Waals surface area contributed by atoms with E-state index in [0.29, 0.717) is 96.5 Å². The Morgan fingerprint density at radius 3 is 1.36 bits per heavy atom. The molecule has 0 bridgehead atoms. The molecule has 28 nitrogen and oxygen atoms in total. The highest BCUT2D eigenvalue weighted by Gasteiger charge is 2.34. The molecule has 566 valence electrons. The van der Waals surface area contributed by atoms with Crippen LogP contribution in [0.2, 0.25) is 0 Å². The van der Waals surface area contributed by atoms with Crippen LogP contribution in [0, 0.1) is 17.8 Å². The number of esters is 2. The first kappa shape index (κ1) is 91.8. The van der Waals surface area contributed by atoms with Crippen molar-refractivity contribution < 1.29 is 67.0 Å². The molecular formula is C70H132N14O14. The highest BCUT2D eigenvalue weighted by Crippen LogP contribution is 2.20. The lowest BCUT2D eigenvalue weighted by Gasteiger charge is -2.30. The number of ketones is 2. The van der Waals surface area contributed by atoms with Gasteiger partial charge in [0.1, 0.15) is 19.0 Å². The highest BCUT2D eigenvalue weighted by atomic mass is 16.5. The van der Waals surface area contributed by atoms with Gasteiger partial charge in [0.2, 0.25) is 47.8 Å². The Kier molecular flexibility index (Phi) is 53.9. The van der Waals surface area contributed by atoms with Gasteiger partial charge in [-0.1, -0.05) is 72.6 Å². The zero-order valence-corrected chi connectivity index (χ0v) is 62.0. The van der Waals surface area contributed by atoms with Crippen LogP contribution in [-0.2, 0) is 67.0 Å². The summed E-state index contributed by atoms with van der Waals surface area (Å²) in [6.07, 6.45) is 6.77. The topological polar surface area (TPSA) is 388 Å². The monoisotopic (exact) mass is 1390 g/mol. The number of carbonyl (C=O) groups is 12. The molecule has 0 radical (unpaired) electrons. The van der Waals surface area contributed by atoms with E-state index in [0.717, 1.165) is 51.4 Å². The third-order valence-electron chi connectivity index (χ3n) is 16.9. The number of primary amides is 1. The van der Waals surface area contributed by atoms with Crippen molar-refractivity contribution in [1.82, 2.24) is 68.3 Å². The summed E-state index contributed by atoms with van der Waals surface area (Å²) in [6, 6.07) is -1.12. The molecule has 0 aliphatic carbocycles. The number of nitrogens with zero attached hydrogens (tertiary/aromatic N) is 2. The smallest absolute Gasteiger partial charge is 0.305 e. The van der Waals surface area contributed by atoms with E-state index in [9.17, 15) is 57.5 Å².